The van der Waals surface area contributed by atoms with Crippen molar-refractivity contribution >= 4 is 27.8 Å². The summed E-state index contributed by atoms with van der Waals surface area (Å²) in [4.78, 5) is 13.1. The van der Waals surface area contributed by atoms with Crippen LogP contribution in [-0.2, 0) is 11.2 Å². The Hall–Kier alpha value is -3.23. The predicted octanol–water partition coefficient (Wildman–Crippen LogP) is 2.85. The third-order valence-corrected chi connectivity index (χ3v) is 5.46. The fourth-order valence-electron chi connectivity index (χ4n) is 3.87. The first kappa shape index (κ1) is 18.8. The highest BCUT2D eigenvalue weighted by Gasteiger charge is 2.28. The molecule has 0 radical (unpaired) electrons. The van der Waals surface area contributed by atoms with Gasteiger partial charge in [0.15, 0.2) is 17.0 Å². The molecule has 0 amide bonds. The second kappa shape index (κ2) is 7.89. The number of aliphatic hydroxyl groups excluding tert-OH is 1. The Morgan fingerprint density at radius 3 is 2.83 bits per heavy atom. The van der Waals surface area contributed by atoms with Gasteiger partial charge in [0.1, 0.15) is 6.23 Å². The quantitative estimate of drug-likeness (QED) is 0.508. The zero-order valence-electron chi connectivity index (χ0n) is 16.4. The Morgan fingerprint density at radius 2 is 2.00 bits per heavy atom. The van der Waals surface area contributed by atoms with E-state index in [9.17, 15) is 5.11 Å². The second-order valence-electron chi connectivity index (χ2n) is 7.47. The summed E-state index contributed by atoms with van der Waals surface area (Å²) in [6, 6.07) is 14.9. The molecule has 30 heavy (non-hydrogen) atoms. The average Bonchev–Trinajstić information content (AvgIpc) is 3.40. The van der Waals surface area contributed by atoms with Crippen LogP contribution >= 0.6 is 0 Å². The molecule has 8 heteroatoms. The number of nitrogens with two attached hydrogens (primary N) is 1. The largest absolute Gasteiger partial charge is 0.463 e. The van der Waals surface area contributed by atoms with Crippen molar-refractivity contribution in [2.24, 2.45) is 0 Å². The summed E-state index contributed by atoms with van der Waals surface area (Å²) < 4.78 is 13.5. The maximum atomic E-state index is 9.32. The maximum Gasteiger partial charge on any atom is 0.320 e. The second-order valence-corrected chi connectivity index (χ2v) is 7.47. The molecule has 1 fully saturated rings. The topological polar surface area (TPSA) is 108 Å². The number of anilines is 1. The van der Waals surface area contributed by atoms with Gasteiger partial charge in [-0.05, 0) is 29.2 Å². The number of imidazole rings is 1. The van der Waals surface area contributed by atoms with E-state index in [-0.39, 0.29) is 30.8 Å². The molecule has 3 N–H and O–H groups in total. The molecule has 0 saturated carbocycles. The van der Waals surface area contributed by atoms with Crippen LogP contribution in [0.25, 0.3) is 21.9 Å². The Labute approximate surface area is 173 Å². The summed E-state index contributed by atoms with van der Waals surface area (Å²) in [6.07, 6.45) is 3.56. The van der Waals surface area contributed by atoms with E-state index in [4.69, 9.17) is 15.2 Å². The summed E-state index contributed by atoms with van der Waals surface area (Å²) >= 11 is 0. The number of aliphatic hydroxyl groups is 1. The first-order valence-corrected chi connectivity index (χ1v) is 10.1. The van der Waals surface area contributed by atoms with Crippen molar-refractivity contribution in [1.82, 2.24) is 19.5 Å². The third-order valence-electron chi connectivity index (χ3n) is 5.46. The van der Waals surface area contributed by atoms with Crippen molar-refractivity contribution in [2.45, 2.75) is 31.6 Å². The van der Waals surface area contributed by atoms with Gasteiger partial charge in [-0.2, -0.15) is 9.97 Å². The molecular formula is C22H23N5O3. The molecule has 1 saturated heterocycles. The minimum absolute atomic E-state index is 0.00336. The molecular weight excluding hydrogens is 382 g/mol. The Bertz CT molecular complexity index is 1190. The van der Waals surface area contributed by atoms with E-state index < -0.39 is 0 Å². The molecule has 2 atom stereocenters. The van der Waals surface area contributed by atoms with Crippen LogP contribution in [0.2, 0.25) is 0 Å². The Morgan fingerprint density at radius 1 is 1.13 bits per heavy atom. The summed E-state index contributed by atoms with van der Waals surface area (Å²) in [5.74, 6) is 0.274. The van der Waals surface area contributed by atoms with E-state index in [1.165, 1.54) is 16.3 Å². The summed E-state index contributed by atoms with van der Waals surface area (Å²) in [7, 11) is 0. The fourth-order valence-corrected chi connectivity index (χ4v) is 3.87. The van der Waals surface area contributed by atoms with Crippen LogP contribution < -0.4 is 10.5 Å². The van der Waals surface area contributed by atoms with Crippen molar-refractivity contribution in [1.29, 1.82) is 0 Å². The van der Waals surface area contributed by atoms with E-state index in [1.54, 1.807) is 6.33 Å². The van der Waals surface area contributed by atoms with E-state index in [0.29, 0.717) is 17.8 Å². The minimum atomic E-state index is -0.230. The summed E-state index contributed by atoms with van der Waals surface area (Å²) in [6.45, 7) is 0.438. The predicted molar refractivity (Wildman–Crippen MR) is 113 cm³/mol. The van der Waals surface area contributed by atoms with Gasteiger partial charge in [0.05, 0.1) is 25.6 Å². The van der Waals surface area contributed by atoms with E-state index in [2.05, 4.69) is 45.3 Å². The molecule has 0 spiro atoms. The zero-order chi connectivity index (χ0) is 20.5. The van der Waals surface area contributed by atoms with Gasteiger partial charge in [-0.15, -0.1) is 0 Å². The number of ether oxygens (including phenoxy) is 2. The lowest BCUT2D eigenvalue weighted by Crippen LogP contribution is -2.14. The average molecular weight is 405 g/mol. The molecule has 0 aliphatic carbocycles. The normalized spacial score (nSPS) is 19.0. The van der Waals surface area contributed by atoms with Gasteiger partial charge in [-0.3, -0.25) is 4.57 Å². The number of aromatic nitrogens is 4. The molecule has 4 aromatic rings. The van der Waals surface area contributed by atoms with Crippen molar-refractivity contribution in [3.63, 3.8) is 0 Å². The highest BCUT2D eigenvalue weighted by atomic mass is 16.5. The minimum Gasteiger partial charge on any atom is -0.463 e. The van der Waals surface area contributed by atoms with Crippen LogP contribution in [-0.4, -0.2) is 43.9 Å². The monoisotopic (exact) mass is 405 g/mol. The van der Waals surface area contributed by atoms with Gasteiger partial charge >= 0.3 is 6.01 Å². The van der Waals surface area contributed by atoms with Gasteiger partial charge in [-0.25, -0.2) is 4.98 Å². The molecule has 1 aliphatic rings. The SMILES string of the molecule is Nc1nc(OCCc2ccc3ccccc3c2)nc2c1ncn2C1CCC(CO)O1. The van der Waals surface area contributed by atoms with Gasteiger partial charge in [0, 0.05) is 6.42 Å². The number of fused-ring (bicyclic) bond motifs is 2. The van der Waals surface area contributed by atoms with E-state index in [1.807, 2.05) is 16.7 Å². The van der Waals surface area contributed by atoms with Crippen LogP contribution in [0.5, 0.6) is 6.01 Å². The van der Waals surface area contributed by atoms with Crippen molar-refractivity contribution < 1.29 is 14.6 Å². The third kappa shape index (κ3) is 3.55. The summed E-state index contributed by atoms with van der Waals surface area (Å²) in [5, 5.41) is 11.7. The first-order chi connectivity index (χ1) is 14.7. The summed E-state index contributed by atoms with van der Waals surface area (Å²) in [5.41, 5.74) is 8.36. The zero-order valence-corrected chi connectivity index (χ0v) is 16.4. The number of rotatable bonds is 6. The van der Waals surface area contributed by atoms with Crippen molar-refractivity contribution in [3.05, 3.63) is 54.4 Å². The Balaban J connectivity index is 1.32. The molecule has 2 unspecified atom stereocenters. The standard InChI is InChI=1S/C22H23N5O3/c23-20-19-21(27(13-24-19)18-8-7-17(12-28)30-18)26-22(25-20)29-10-9-14-5-6-15-3-1-2-4-16(15)11-14/h1-6,11,13,17-18,28H,7-10,12H2,(H2,23,25,26). The number of nitrogens with zero attached hydrogens (tertiary/aromatic N) is 4. The maximum absolute atomic E-state index is 9.32. The fraction of sp³-hybridized carbons (Fsp3) is 0.318. The van der Waals surface area contributed by atoms with Crippen LogP contribution in [0, 0.1) is 0 Å². The molecule has 1 aliphatic heterocycles. The van der Waals surface area contributed by atoms with Gasteiger partial charge in [0.2, 0.25) is 0 Å². The molecule has 3 heterocycles. The highest BCUT2D eigenvalue weighted by molar-refractivity contribution is 5.83. The highest BCUT2D eigenvalue weighted by Crippen LogP contribution is 2.31. The van der Waals surface area contributed by atoms with Crippen molar-refractivity contribution in [2.75, 3.05) is 18.9 Å². The molecule has 2 aromatic heterocycles. The number of nitrogen functional groups attached to an aromatic ring is 1. The molecule has 0 bridgehead atoms. The first-order valence-electron chi connectivity index (χ1n) is 10.1. The van der Waals surface area contributed by atoms with Gasteiger partial charge in [0.25, 0.3) is 0 Å². The lowest BCUT2D eigenvalue weighted by molar-refractivity contribution is -0.0207. The number of hydrogen-bond donors (Lipinski definition) is 2. The van der Waals surface area contributed by atoms with Crippen LogP contribution in [0.15, 0.2) is 48.8 Å². The van der Waals surface area contributed by atoms with Crippen LogP contribution in [0.1, 0.15) is 24.6 Å². The van der Waals surface area contributed by atoms with Crippen molar-refractivity contribution in [3.8, 4) is 6.01 Å². The van der Waals surface area contributed by atoms with Gasteiger partial charge < -0.3 is 20.3 Å². The molecule has 2 aromatic carbocycles. The number of hydrogen-bond acceptors (Lipinski definition) is 7. The molecule has 8 nitrogen and oxygen atoms in total. The van der Waals surface area contributed by atoms with E-state index >= 15 is 0 Å². The van der Waals surface area contributed by atoms with Gasteiger partial charge in [-0.1, -0.05) is 42.5 Å². The van der Waals surface area contributed by atoms with E-state index in [0.717, 1.165) is 19.3 Å². The van der Waals surface area contributed by atoms with Crippen LogP contribution in [0.4, 0.5) is 5.82 Å². The Kier molecular flexibility index (Phi) is 4.94. The lowest BCUT2D eigenvalue weighted by Gasteiger charge is -2.14. The molecule has 154 valence electrons. The number of benzene rings is 2. The molecule has 5 rings (SSSR count). The van der Waals surface area contributed by atoms with Crippen LogP contribution in [0.3, 0.4) is 0 Å². The smallest absolute Gasteiger partial charge is 0.320 e. The lowest BCUT2D eigenvalue weighted by atomic mass is 10.1.